The third kappa shape index (κ3) is 3.34. The topological polar surface area (TPSA) is 26.3 Å². The molecule has 2 aromatic carbocycles. The van der Waals surface area contributed by atoms with Crippen molar-refractivity contribution >= 4 is 52.3 Å². The third-order valence-electron chi connectivity index (χ3n) is 4.20. The van der Waals surface area contributed by atoms with Crippen LogP contribution in [0.3, 0.4) is 0 Å². The number of thiol groups is 1. The molecule has 0 saturated carbocycles. The molecule has 1 aliphatic rings. The van der Waals surface area contributed by atoms with Gasteiger partial charge in [-0.1, -0.05) is 35.3 Å². The first-order valence-electron chi connectivity index (χ1n) is 7.60. The van der Waals surface area contributed by atoms with Crippen LogP contribution in [0.4, 0.5) is 0 Å². The summed E-state index contributed by atoms with van der Waals surface area (Å²) in [6.07, 6.45) is 2.69. The minimum atomic E-state index is -0.326. The van der Waals surface area contributed by atoms with Gasteiger partial charge in [0.05, 0.1) is 12.7 Å². The molecule has 0 fully saturated rings. The van der Waals surface area contributed by atoms with Gasteiger partial charge in [-0.05, 0) is 65.8 Å². The summed E-state index contributed by atoms with van der Waals surface area (Å²) < 4.78 is 4.80. The van der Waals surface area contributed by atoms with E-state index in [0.29, 0.717) is 15.6 Å². The molecule has 0 aliphatic heterocycles. The molecule has 2 aromatic rings. The quantitative estimate of drug-likeness (QED) is 0.518. The number of carbonyl (C=O) groups excluding carboxylic acids is 1. The maximum atomic E-state index is 11.7. The van der Waals surface area contributed by atoms with Crippen LogP contribution in [-0.4, -0.2) is 13.1 Å². The number of carbonyl (C=O) groups is 1. The van der Waals surface area contributed by atoms with E-state index in [2.05, 4.69) is 0 Å². The number of allylic oxidation sites excluding steroid dienone is 1. The average Bonchev–Trinajstić information content (AvgIpc) is 2.73. The van der Waals surface area contributed by atoms with Gasteiger partial charge < -0.3 is 4.74 Å². The summed E-state index contributed by atoms with van der Waals surface area (Å²) in [7, 11) is 1.39. The van der Waals surface area contributed by atoms with E-state index in [1.165, 1.54) is 7.11 Å². The van der Waals surface area contributed by atoms with Gasteiger partial charge in [-0.2, -0.15) is 0 Å². The summed E-state index contributed by atoms with van der Waals surface area (Å²) in [6.45, 7) is 0. The molecule has 0 bridgehead atoms. The number of halogens is 2. The predicted molar refractivity (Wildman–Crippen MR) is 103 cm³/mol. The van der Waals surface area contributed by atoms with E-state index in [0.717, 1.165) is 46.4 Å². The predicted octanol–water partition coefficient (Wildman–Crippen LogP) is 5.91. The number of hydrogen-bond acceptors (Lipinski definition) is 3. The Labute approximate surface area is 156 Å². The number of aryl methyl sites for hydroxylation is 1. The largest absolute Gasteiger partial charge is 0.465 e. The van der Waals surface area contributed by atoms with Crippen molar-refractivity contribution in [1.82, 2.24) is 0 Å². The van der Waals surface area contributed by atoms with Crippen LogP contribution in [0.2, 0.25) is 10.0 Å². The van der Waals surface area contributed by atoms with Gasteiger partial charge in [0.2, 0.25) is 0 Å². The van der Waals surface area contributed by atoms with Crippen molar-refractivity contribution in [2.75, 3.05) is 7.11 Å². The Balaban J connectivity index is 2.11. The van der Waals surface area contributed by atoms with E-state index in [1.807, 2.05) is 24.3 Å². The number of benzene rings is 2. The van der Waals surface area contributed by atoms with E-state index in [9.17, 15) is 4.79 Å². The number of rotatable bonds is 2. The molecule has 3 rings (SSSR count). The second kappa shape index (κ2) is 7.22. The van der Waals surface area contributed by atoms with Crippen molar-refractivity contribution in [3.63, 3.8) is 0 Å². The lowest BCUT2D eigenvalue weighted by Gasteiger charge is -2.13. The lowest BCUT2D eigenvalue weighted by Crippen LogP contribution is -2.03. The maximum Gasteiger partial charge on any atom is 0.337 e. The first-order valence-corrected chi connectivity index (χ1v) is 8.80. The first-order chi connectivity index (χ1) is 11.5. The first kappa shape index (κ1) is 17.4. The molecule has 0 aromatic heterocycles. The second-order valence-electron chi connectivity index (χ2n) is 5.67. The molecule has 2 nitrogen and oxygen atoms in total. The van der Waals surface area contributed by atoms with Crippen LogP contribution in [-0.2, 0) is 11.2 Å². The Morgan fingerprint density at radius 1 is 1.08 bits per heavy atom. The highest BCUT2D eigenvalue weighted by Gasteiger charge is 2.19. The molecule has 124 valence electrons. The summed E-state index contributed by atoms with van der Waals surface area (Å²) in [6, 6.07) is 11.1. The molecular weight excluding hydrogens is 363 g/mol. The molecule has 0 amide bonds. The summed E-state index contributed by atoms with van der Waals surface area (Å²) in [5, 5.41) is 1.24. The van der Waals surface area contributed by atoms with Gasteiger partial charge in [-0.15, -0.1) is 12.6 Å². The van der Waals surface area contributed by atoms with Crippen molar-refractivity contribution in [1.29, 1.82) is 0 Å². The standard InChI is InChI=1S/C19H16Cl2O2S/c1-23-19(22)12-5-7-14-11(9-12)3-2-4-16(18(14)24)15-8-6-13(20)10-17(15)21/h5-10,24H,2-4H2,1H3. The van der Waals surface area contributed by atoms with E-state index in [-0.39, 0.29) is 5.97 Å². The molecular formula is C19H16Cl2O2S. The van der Waals surface area contributed by atoms with Gasteiger partial charge in [-0.3, -0.25) is 0 Å². The Kier molecular flexibility index (Phi) is 5.24. The minimum Gasteiger partial charge on any atom is -0.465 e. The van der Waals surface area contributed by atoms with Crippen LogP contribution < -0.4 is 0 Å². The molecule has 1 aliphatic carbocycles. The van der Waals surface area contributed by atoms with Crippen LogP contribution in [0.1, 0.15) is 39.9 Å². The van der Waals surface area contributed by atoms with Crippen molar-refractivity contribution in [2.24, 2.45) is 0 Å². The lowest BCUT2D eigenvalue weighted by molar-refractivity contribution is 0.0600. The zero-order valence-electron chi connectivity index (χ0n) is 13.1. The monoisotopic (exact) mass is 378 g/mol. The molecule has 0 atom stereocenters. The number of ether oxygens (including phenoxy) is 1. The average molecular weight is 379 g/mol. The van der Waals surface area contributed by atoms with E-state index in [4.69, 9.17) is 40.6 Å². The van der Waals surface area contributed by atoms with Crippen molar-refractivity contribution in [3.8, 4) is 0 Å². The summed E-state index contributed by atoms with van der Waals surface area (Å²) >= 11 is 17.2. The minimum absolute atomic E-state index is 0.326. The SMILES string of the molecule is COC(=O)c1ccc2c(c1)CCCC(c1ccc(Cl)cc1Cl)=C2S. The van der Waals surface area contributed by atoms with Gasteiger partial charge >= 0.3 is 5.97 Å². The van der Waals surface area contributed by atoms with E-state index >= 15 is 0 Å². The summed E-state index contributed by atoms with van der Waals surface area (Å²) in [5.74, 6) is -0.326. The zero-order chi connectivity index (χ0) is 17.3. The smallest absolute Gasteiger partial charge is 0.337 e. The summed E-state index contributed by atoms with van der Waals surface area (Å²) in [4.78, 5) is 12.6. The highest BCUT2D eigenvalue weighted by molar-refractivity contribution is 7.90. The van der Waals surface area contributed by atoms with Crippen molar-refractivity contribution in [3.05, 3.63) is 68.7 Å². The van der Waals surface area contributed by atoms with Gasteiger partial charge in [0.1, 0.15) is 0 Å². The van der Waals surface area contributed by atoms with Crippen LogP contribution in [0, 0.1) is 0 Å². The maximum absolute atomic E-state index is 11.7. The number of methoxy groups -OCH3 is 1. The summed E-state index contributed by atoms with van der Waals surface area (Å²) in [5.41, 5.74) is 4.75. The Bertz CT molecular complexity index is 843. The van der Waals surface area contributed by atoms with Crippen molar-refractivity contribution < 1.29 is 9.53 Å². The van der Waals surface area contributed by atoms with E-state index < -0.39 is 0 Å². The van der Waals surface area contributed by atoms with Crippen LogP contribution >= 0.6 is 35.8 Å². The fraction of sp³-hybridized carbons (Fsp3) is 0.211. The van der Waals surface area contributed by atoms with Gasteiger partial charge in [0.25, 0.3) is 0 Å². The Morgan fingerprint density at radius 2 is 1.83 bits per heavy atom. The zero-order valence-corrected chi connectivity index (χ0v) is 15.5. The number of hydrogen-bond donors (Lipinski definition) is 1. The Hall–Kier alpha value is -1.42. The molecule has 5 heteroatoms. The highest BCUT2D eigenvalue weighted by Crippen LogP contribution is 2.40. The third-order valence-corrected chi connectivity index (χ3v) is 5.26. The molecule has 0 heterocycles. The fourth-order valence-corrected chi connectivity index (χ4v) is 3.98. The van der Waals surface area contributed by atoms with Gasteiger partial charge in [-0.25, -0.2) is 4.79 Å². The fourth-order valence-electron chi connectivity index (χ4n) is 3.01. The highest BCUT2D eigenvalue weighted by atomic mass is 35.5. The molecule has 0 unspecified atom stereocenters. The lowest BCUT2D eigenvalue weighted by atomic mass is 9.99. The van der Waals surface area contributed by atoms with Crippen LogP contribution in [0.15, 0.2) is 36.4 Å². The Morgan fingerprint density at radius 3 is 2.54 bits per heavy atom. The van der Waals surface area contributed by atoms with Gasteiger partial charge in [0, 0.05) is 15.0 Å². The molecule has 0 spiro atoms. The molecule has 24 heavy (non-hydrogen) atoms. The van der Waals surface area contributed by atoms with Crippen LogP contribution in [0.5, 0.6) is 0 Å². The van der Waals surface area contributed by atoms with Gasteiger partial charge in [0.15, 0.2) is 0 Å². The molecule has 0 N–H and O–H groups in total. The van der Waals surface area contributed by atoms with E-state index in [1.54, 1.807) is 12.1 Å². The molecule has 0 radical (unpaired) electrons. The molecule has 0 saturated heterocycles. The number of esters is 1. The second-order valence-corrected chi connectivity index (χ2v) is 6.96. The van der Waals surface area contributed by atoms with Crippen molar-refractivity contribution in [2.45, 2.75) is 19.3 Å². The number of fused-ring (bicyclic) bond motifs is 1. The normalized spacial score (nSPS) is 14.2. The van der Waals surface area contributed by atoms with Crippen LogP contribution in [0.25, 0.3) is 10.5 Å².